The largest absolute Gasteiger partial charge is 0.309 e. The number of benzene rings is 1. The normalized spacial score (nSPS) is 12.6. The van der Waals surface area contributed by atoms with E-state index in [-0.39, 0.29) is 6.04 Å². The maximum atomic E-state index is 6.27. The van der Waals surface area contributed by atoms with Crippen LogP contribution in [0, 0.1) is 0 Å². The number of rotatable bonds is 5. The number of nitrogens with one attached hydrogen (secondary N) is 1. The summed E-state index contributed by atoms with van der Waals surface area (Å²) in [7, 11) is 1.91. The smallest absolute Gasteiger partial charge is 0.0620 e. The van der Waals surface area contributed by atoms with E-state index in [1.54, 1.807) is 6.07 Å². The molecule has 0 fully saturated rings. The van der Waals surface area contributed by atoms with Crippen LogP contribution in [0.15, 0.2) is 30.6 Å². The lowest BCUT2D eigenvalue weighted by Gasteiger charge is -2.16. The molecule has 1 aromatic carbocycles. The molecule has 0 bridgehead atoms. The Kier molecular flexibility index (Phi) is 4.86. The molecule has 0 amide bonds. The topological polar surface area (TPSA) is 29.9 Å². The van der Waals surface area contributed by atoms with E-state index in [0.717, 1.165) is 24.1 Å². The highest BCUT2D eigenvalue weighted by Crippen LogP contribution is 2.30. The van der Waals surface area contributed by atoms with Crippen LogP contribution in [-0.2, 0) is 6.54 Å². The maximum Gasteiger partial charge on any atom is 0.0620 e. The van der Waals surface area contributed by atoms with Crippen LogP contribution >= 0.6 is 23.2 Å². The van der Waals surface area contributed by atoms with E-state index in [2.05, 4.69) is 23.5 Å². The van der Waals surface area contributed by atoms with Gasteiger partial charge in [-0.15, -0.1) is 0 Å². The first-order valence-electron chi connectivity index (χ1n) is 6.30. The van der Waals surface area contributed by atoms with Gasteiger partial charge in [0.15, 0.2) is 0 Å². The Bertz CT molecular complexity index is 551. The Labute approximate surface area is 123 Å². The van der Waals surface area contributed by atoms with E-state index in [0.29, 0.717) is 10.0 Å². The number of nitrogens with zero attached hydrogens (tertiary/aromatic N) is 2. The van der Waals surface area contributed by atoms with Gasteiger partial charge in [-0.25, -0.2) is 0 Å². The number of hydrogen-bond acceptors (Lipinski definition) is 2. The molecule has 0 spiro atoms. The first-order chi connectivity index (χ1) is 9.15. The molecule has 1 N–H and O–H groups in total. The van der Waals surface area contributed by atoms with Gasteiger partial charge in [0.05, 0.1) is 12.2 Å². The molecule has 0 aliphatic carbocycles. The van der Waals surface area contributed by atoms with Gasteiger partial charge in [-0.1, -0.05) is 36.2 Å². The summed E-state index contributed by atoms with van der Waals surface area (Å²) in [4.78, 5) is 0. The molecule has 0 saturated carbocycles. The first kappa shape index (κ1) is 14.4. The zero-order valence-electron chi connectivity index (χ0n) is 11.0. The molecule has 3 nitrogen and oxygen atoms in total. The summed E-state index contributed by atoms with van der Waals surface area (Å²) in [6, 6.07) is 5.58. The molecule has 2 aromatic rings. The van der Waals surface area contributed by atoms with Crippen LogP contribution < -0.4 is 5.32 Å². The van der Waals surface area contributed by atoms with Gasteiger partial charge < -0.3 is 5.32 Å². The van der Waals surface area contributed by atoms with Gasteiger partial charge in [0.2, 0.25) is 0 Å². The molecule has 2 rings (SSSR count). The summed E-state index contributed by atoms with van der Waals surface area (Å²) in [5.41, 5.74) is 2.10. The molecule has 1 atom stereocenters. The van der Waals surface area contributed by atoms with E-state index >= 15 is 0 Å². The predicted molar refractivity (Wildman–Crippen MR) is 79.9 cm³/mol. The van der Waals surface area contributed by atoms with Crippen molar-refractivity contribution in [3.8, 4) is 0 Å². The van der Waals surface area contributed by atoms with Crippen LogP contribution in [0.3, 0.4) is 0 Å². The molecule has 5 heteroatoms. The minimum Gasteiger partial charge on any atom is -0.309 e. The number of aromatic nitrogens is 2. The fourth-order valence-electron chi connectivity index (χ4n) is 2.12. The molecule has 102 valence electrons. The molecule has 0 saturated heterocycles. The van der Waals surface area contributed by atoms with Crippen LogP contribution in [-0.4, -0.2) is 16.8 Å². The third-order valence-corrected chi connectivity index (χ3v) is 3.56. The van der Waals surface area contributed by atoms with E-state index in [9.17, 15) is 0 Å². The van der Waals surface area contributed by atoms with Crippen LogP contribution in [0.25, 0.3) is 0 Å². The Morgan fingerprint density at radius 2 is 2.16 bits per heavy atom. The van der Waals surface area contributed by atoms with Gasteiger partial charge in [0.25, 0.3) is 0 Å². The lowest BCUT2D eigenvalue weighted by Crippen LogP contribution is -2.17. The average Bonchev–Trinajstić information content (AvgIpc) is 2.82. The summed E-state index contributed by atoms with van der Waals surface area (Å²) in [5.74, 6) is 0. The minimum absolute atomic E-state index is 0.0235. The summed E-state index contributed by atoms with van der Waals surface area (Å²) >= 11 is 12.2. The molecular formula is C14H17Cl2N3. The zero-order chi connectivity index (χ0) is 13.8. The minimum atomic E-state index is 0.0235. The third kappa shape index (κ3) is 3.30. The molecule has 0 aliphatic rings. The Morgan fingerprint density at radius 3 is 2.79 bits per heavy atom. The van der Waals surface area contributed by atoms with Crippen molar-refractivity contribution in [2.75, 3.05) is 7.05 Å². The van der Waals surface area contributed by atoms with Gasteiger partial charge in [-0.3, -0.25) is 4.68 Å². The molecule has 19 heavy (non-hydrogen) atoms. The van der Waals surface area contributed by atoms with Crippen LogP contribution in [0.2, 0.25) is 10.0 Å². The van der Waals surface area contributed by atoms with Crippen LogP contribution in [0.1, 0.15) is 30.5 Å². The lowest BCUT2D eigenvalue weighted by atomic mass is 10.0. The molecule has 1 heterocycles. The third-order valence-electron chi connectivity index (χ3n) is 3.00. The van der Waals surface area contributed by atoms with Crippen molar-refractivity contribution in [1.82, 2.24) is 15.1 Å². The summed E-state index contributed by atoms with van der Waals surface area (Å²) in [6.45, 7) is 3.05. The Hall–Kier alpha value is -1.03. The van der Waals surface area contributed by atoms with Gasteiger partial charge in [0.1, 0.15) is 0 Å². The highest BCUT2D eigenvalue weighted by atomic mass is 35.5. The second-order valence-electron chi connectivity index (χ2n) is 4.42. The van der Waals surface area contributed by atoms with Crippen molar-refractivity contribution in [2.24, 2.45) is 0 Å². The number of aryl methyl sites for hydroxylation is 1. The number of hydrogen-bond donors (Lipinski definition) is 1. The number of halogens is 2. The average molecular weight is 298 g/mol. The van der Waals surface area contributed by atoms with Crippen molar-refractivity contribution in [1.29, 1.82) is 0 Å². The monoisotopic (exact) mass is 297 g/mol. The highest BCUT2D eigenvalue weighted by molar-refractivity contribution is 6.35. The van der Waals surface area contributed by atoms with E-state index < -0.39 is 0 Å². The summed E-state index contributed by atoms with van der Waals surface area (Å²) < 4.78 is 1.95. The molecule has 0 aliphatic heterocycles. The lowest BCUT2D eigenvalue weighted by molar-refractivity contribution is 0.600. The van der Waals surface area contributed by atoms with Gasteiger partial charge in [-0.2, -0.15) is 5.10 Å². The van der Waals surface area contributed by atoms with E-state index in [1.807, 2.05) is 30.1 Å². The van der Waals surface area contributed by atoms with Crippen molar-refractivity contribution in [2.45, 2.75) is 25.9 Å². The first-order valence-corrected chi connectivity index (χ1v) is 7.06. The van der Waals surface area contributed by atoms with Gasteiger partial charge in [-0.05, 0) is 31.2 Å². The van der Waals surface area contributed by atoms with E-state index in [4.69, 9.17) is 23.2 Å². The maximum absolute atomic E-state index is 6.27. The van der Waals surface area contributed by atoms with Gasteiger partial charge >= 0.3 is 0 Å². The van der Waals surface area contributed by atoms with E-state index in [1.165, 1.54) is 0 Å². The SMILES string of the molecule is CCCn1cc(C(NC)c2ccc(Cl)cc2Cl)cn1. The Balaban J connectivity index is 2.32. The second kappa shape index (κ2) is 6.42. The molecule has 1 unspecified atom stereocenters. The molecule has 1 aromatic heterocycles. The van der Waals surface area contributed by atoms with Crippen molar-refractivity contribution in [3.05, 3.63) is 51.8 Å². The quantitative estimate of drug-likeness (QED) is 0.907. The second-order valence-corrected chi connectivity index (χ2v) is 5.27. The van der Waals surface area contributed by atoms with Gasteiger partial charge in [0, 0.05) is 28.4 Å². The van der Waals surface area contributed by atoms with Crippen molar-refractivity contribution < 1.29 is 0 Å². The summed E-state index contributed by atoms with van der Waals surface area (Å²) in [5, 5.41) is 8.93. The van der Waals surface area contributed by atoms with Crippen LogP contribution in [0.4, 0.5) is 0 Å². The van der Waals surface area contributed by atoms with Crippen LogP contribution in [0.5, 0.6) is 0 Å². The highest BCUT2D eigenvalue weighted by Gasteiger charge is 2.17. The molecular weight excluding hydrogens is 281 g/mol. The molecule has 0 radical (unpaired) electrons. The summed E-state index contributed by atoms with van der Waals surface area (Å²) in [6.07, 6.45) is 4.99. The standard InChI is InChI=1S/C14H17Cl2N3/c1-3-6-19-9-10(8-18-19)14(17-2)12-5-4-11(15)7-13(12)16/h4-5,7-9,14,17H,3,6H2,1-2H3. The predicted octanol–water partition coefficient (Wildman–Crippen LogP) is 3.91. The van der Waals surface area contributed by atoms with Crippen molar-refractivity contribution in [3.63, 3.8) is 0 Å². The zero-order valence-corrected chi connectivity index (χ0v) is 12.5. The fourth-order valence-corrected chi connectivity index (χ4v) is 2.63. The van der Waals surface area contributed by atoms with Crippen molar-refractivity contribution >= 4 is 23.2 Å². The Morgan fingerprint density at radius 1 is 1.37 bits per heavy atom. The fraction of sp³-hybridized carbons (Fsp3) is 0.357.